The molecule has 2 amide bonds. The molecule has 0 radical (unpaired) electrons. The summed E-state index contributed by atoms with van der Waals surface area (Å²) < 4.78 is 5.60. The van der Waals surface area contributed by atoms with Crippen LogP contribution >= 0.6 is 23.2 Å². The van der Waals surface area contributed by atoms with Gasteiger partial charge in [0.1, 0.15) is 5.75 Å². The maximum Gasteiger partial charge on any atom is 0.238 e. The molecule has 5 unspecified atom stereocenters. The summed E-state index contributed by atoms with van der Waals surface area (Å²) >= 11 is 11.9. The number of Topliss-reactive ketones (excluding diaryl/α,β-unsaturated/α-hetero) is 1. The van der Waals surface area contributed by atoms with Gasteiger partial charge in [0.2, 0.25) is 11.8 Å². The van der Waals surface area contributed by atoms with Crippen LogP contribution < -0.4 is 9.64 Å². The van der Waals surface area contributed by atoms with Gasteiger partial charge in [0.25, 0.3) is 0 Å². The van der Waals surface area contributed by atoms with Crippen molar-refractivity contribution in [1.82, 2.24) is 0 Å². The van der Waals surface area contributed by atoms with Crippen molar-refractivity contribution >= 4 is 46.5 Å². The predicted octanol–water partition coefficient (Wildman–Crippen LogP) is 4.81. The van der Waals surface area contributed by atoms with Gasteiger partial charge in [0.05, 0.1) is 17.5 Å². The van der Waals surface area contributed by atoms with Crippen LogP contribution in [0.2, 0.25) is 10.0 Å². The standard InChI is InChI=1S/C25H19Cl2NO4/c26-13-7-12(8-14(27)9-13)21(29)11-32-16-3-1-15(2-4-16)28-24(30)22-17-5-6-18(20-10-19(17)20)23(22)25(28)31/h1-9,17-20,22-23H,10-11H2/t17-,18?,19?,20?,22?,23?/m1/s1. The second-order valence-corrected chi connectivity index (χ2v) is 9.90. The molecule has 0 aromatic heterocycles. The van der Waals surface area contributed by atoms with Crippen molar-refractivity contribution in [2.75, 3.05) is 11.5 Å². The topological polar surface area (TPSA) is 63.7 Å². The first-order valence-electron chi connectivity index (χ1n) is 10.7. The first-order valence-corrected chi connectivity index (χ1v) is 11.5. The molecule has 7 rings (SSSR count). The van der Waals surface area contributed by atoms with Crippen LogP contribution in [-0.2, 0) is 9.59 Å². The fraction of sp³-hybridized carbons (Fsp3) is 0.320. The maximum absolute atomic E-state index is 13.2. The van der Waals surface area contributed by atoms with E-state index in [-0.39, 0.29) is 47.9 Å². The lowest BCUT2D eigenvalue weighted by Gasteiger charge is -2.37. The Kier molecular flexibility index (Phi) is 4.50. The number of rotatable bonds is 5. The number of halogens is 2. The number of allylic oxidation sites excluding steroid dienone is 2. The molecule has 4 aliphatic carbocycles. The van der Waals surface area contributed by atoms with E-state index in [0.717, 1.165) is 6.42 Å². The van der Waals surface area contributed by atoms with Crippen LogP contribution in [0.4, 0.5) is 5.69 Å². The minimum absolute atomic E-state index is 0.0913. The van der Waals surface area contributed by atoms with E-state index in [2.05, 4.69) is 12.2 Å². The van der Waals surface area contributed by atoms with Crippen LogP contribution in [0, 0.1) is 35.5 Å². The third-order valence-electron chi connectivity index (χ3n) is 7.31. The Bertz CT molecular complexity index is 1130. The molecule has 1 heterocycles. The van der Waals surface area contributed by atoms with E-state index < -0.39 is 0 Å². The number of anilines is 1. The molecule has 0 N–H and O–H groups in total. The Balaban J connectivity index is 1.16. The minimum atomic E-state index is -0.256. The zero-order chi connectivity index (χ0) is 22.1. The van der Waals surface area contributed by atoms with Crippen molar-refractivity contribution in [2.45, 2.75) is 6.42 Å². The average Bonchev–Trinajstić information content (AvgIpc) is 3.55. The predicted molar refractivity (Wildman–Crippen MR) is 120 cm³/mol. The second kappa shape index (κ2) is 7.19. The number of hydrogen-bond donors (Lipinski definition) is 0. The highest BCUT2D eigenvalue weighted by Crippen LogP contribution is 2.65. The average molecular weight is 468 g/mol. The highest BCUT2D eigenvalue weighted by atomic mass is 35.5. The number of ether oxygens (including phenoxy) is 1. The van der Waals surface area contributed by atoms with E-state index in [9.17, 15) is 14.4 Å². The smallest absolute Gasteiger partial charge is 0.238 e. The number of carbonyl (C=O) groups excluding carboxylic acids is 3. The second-order valence-electron chi connectivity index (χ2n) is 9.03. The molecule has 2 saturated carbocycles. The van der Waals surface area contributed by atoms with Crippen molar-refractivity contribution in [3.8, 4) is 5.75 Å². The number of imide groups is 1. The Morgan fingerprint density at radius 2 is 1.47 bits per heavy atom. The van der Waals surface area contributed by atoms with E-state index in [1.54, 1.807) is 30.3 Å². The van der Waals surface area contributed by atoms with Gasteiger partial charge in [-0.25, -0.2) is 0 Å². The molecule has 2 aromatic carbocycles. The van der Waals surface area contributed by atoms with Gasteiger partial charge in [0.15, 0.2) is 12.4 Å². The SMILES string of the molecule is O=C(COc1ccc(N2C(=O)C3C4C=C[C@H](C5CC45)C3C2=O)cc1)c1cc(Cl)cc(Cl)c1. The summed E-state index contributed by atoms with van der Waals surface area (Å²) in [6, 6.07) is 11.4. The fourth-order valence-corrected chi connectivity index (χ4v) is 6.38. The highest BCUT2D eigenvalue weighted by molar-refractivity contribution is 6.35. The number of nitrogens with zero attached hydrogens (tertiary/aromatic N) is 1. The largest absolute Gasteiger partial charge is 0.485 e. The number of hydrogen-bond acceptors (Lipinski definition) is 4. The minimum Gasteiger partial charge on any atom is -0.485 e. The normalized spacial score (nSPS) is 31.5. The third kappa shape index (κ3) is 3.02. The Labute approximate surface area is 194 Å². The quantitative estimate of drug-likeness (QED) is 0.359. The van der Waals surface area contributed by atoms with Crippen LogP contribution in [0.25, 0.3) is 0 Å². The molecule has 7 heteroatoms. The lowest BCUT2D eigenvalue weighted by Crippen LogP contribution is -2.40. The van der Waals surface area contributed by atoms with E-state index >= 15 is 0 Å². The molecule has 5 nitrogen and oxygen atoms in total. The molecule has 2 aromatic rings. The zero-order valence-corrected chi connectivity index (χ0v) is 18.4. The molecule has 3 fully saturated rings. The van der Waals surface area contributed by atoms with Crippen molar-refractivity contribution in [3.63, 3.8) is 0 Å². The summed E-state index contributed by atoms with van der Waals surface area (Å²) in [6.45, 7) is -0.181. The van der Waals surface area contributed by atoms with Crippen molar-refractivity contribution in [1.29, 1.82) is 0 Å². The van der Waals surface area contributed by atoms with Crippen molar-refractivity contribution in [3.05, 3.63) is 70.2 Å². The van der Waals surface area contributed by atoms with Gasteiger partial charge >= 0.3 is 0 Å². The Morgan fingerprint density at radius 3 is 2.03 bits per heavy atom. The van der Waals surface area contributed by atoms with Gasteiger partial charge in [-0.15, -0.1) is 0 Å². The molecule has 1 saturated heterocycles. The van der Waals surface area contributed by atoms with Crippen LogP contribution in [0.3, 0.4) is 0 Å². The lowest BCUT2D eigenvalue weighted by molar-refractivity contribution is -0.124. The van der Waals surface area contributed by atoms with Gasteiger partial charge < -0.3 is 4.74 Å². The Morgan fingerprint density at radius 1 is 0.906 bits per heavy atom. The number of benzene rings is 2. The molecule has 1 aliphatic heterocycles. The van der Waals surface area contributed by atoms with Gasteiger partial charge in [-0.1, -0.05) is 35.4 Å². The van der Waals surface area contributed by atoms with Gasteiger partial charge in [-0.05, 0) is 72.6 Å². The first-order chi connectivity index (χ1) is 15.4. The number of carbonyl (C=O) groups is 3. The molecule has 162 valence electrons. The van der Waals surface area contributed by atoms with Gasteiger partial charge in [-0.2, -0.15) is 0 Å². The Hall–Kier alpha value is -2.63. The number of ketones is 1. The lowest BCUT2D eigenvalue weighted by atomic mass is 9.63. The van der Waals surface area contributed by atoms with Crippen LogP contribution in [0.15, 0.2) is 54.6 Å². The molecule has 5 aliphatic rings. The summed E-state index contributed by atoms with van der Waals surface area (Å²) in [7, 11) is 0. The third-order valence-corrected chi connectivity index (χ3v) is 7.75. The zero-order valence-electron chi connectivity index (χ0n) is 16.9. The molecule has 6 atom stereocenters. The summed E-state index contributed by atoms with van der Waals surface area (Å²) in [5, 5.41) is 0.762. The van der Waals surface area contributed by atoms with E-state index in [0.29, 0.717) is 38.9 Å². The summed E-state index contributed by atoms with van der Waals surface area (Å²) in [4.78, 5) is 40.1. The van der Waals surface area contributed by atoms with Crippen LogP contribution in [0.1, 0.15) is 16.8 Å². The number of amides is 2. The molecule has 2 bridgehead atoms. The summed E-state index contributed by atoms with van der Waals surface area (Å²) in [5.41, 5.74) is 0.916. The van der Waals surface area contributed by atoms with Gasteiger partial charge in [-0.3, -0.25) is 19.3 Å². The van der Waals surface area contributed by atoms with Gasteiger partial charge in [0, 0.05) is 15.6 Å². The van der Waals surface area contributed by atoms with Crippen molar-refractivity contribution < 1.29 is 19.1 Å². The summed E-state index contributed by atoms with van der Waals surface area (Å²) in [5.74, 6) is 1.13. The van der Waals surface area contributed by atoms with E-state index in [1.165, 1.54) is 17.0 Å². The fourth-order valence-electron chi connectivity index (χ4n) is 5.85. The highest BCUT2D eigenvalue weighted by Gasteiger charge is 2.67. The van der Waals surface area contributed by atoms with Crippen LogP contribution in [-0.4, -0.2) is 24.2 Å². The van der Waals surface area contributed by atoms with Crippen LogP contribution in [0.5, 0.6) is 5.75 Å². The first kappa shape index (κ1) is 20.0. The maximum atomic E-state index is 13.2. The van der Waals surface area contributed by atoms with E-state index in [4.69, 9.17) is 27.9 Å². The monoisotopic (exact) mass is 467 g/mol. The van der Waals surface area contributed by atoms with E-state index in [1.807, 2.05) is 0 Å². The molecular formula is C25H19Cl2NO4. The molecule has 32 heavy (non-hydrogen) atoms. The molecule has 0 spiro atoms. The summed E-state index contributed by atoms with van der Waals surface area (Å²) in [6.07, 6.45) is 5.47. The molecular weight excluding hydrogens is 449 g/mol. The van der Waals surface area contributed by atoms with Crippen molar-refractivity contribution in [2.24, 2.45) is 35.5 Å².